The third-order valence-electron chi connectivity index (χ3n) is 4.68. The van der Waals surface area contributed by atoms with Crippen LogP contribution in [0.3, 0.4) is 0 Å². The highest BCUT2D eigenvalue weighted by Gasteiger charge is 2.11. The molecule has 0 aliphatic rings. The molecule has 0 spiro atoms. The molecule has 4 rings (SSSR count). The van der Waals surface area contributed by atoms with Crippen LogP contribution in [0.2, 0.25) is 0 Å². The first-order chi connectivity index (χ1) is 13.6. The van der Waals surface area contributed by atoms with E-state index >= 15 is 0 Å². The molecule has 2 N–H and O–H groups in total. The van der Waals surface area contributed by atoms with E-state index in [2.05, 4.69) is 36.2 Å². The number of pyridine rings is 1. The fourth-order valence-electron chi connectivity index (χ4n) is 3.24. The lowest BCUT2D eigenvalue weighted by Crippen LogP contribution is -2.13. The zero-order valence-corrected chi connectivity index (χ0v) is 15.8. The predicted octanol–water partition coefficient (Wildman–Crippen LogP) is 3.76. The van der Waals surface area contributed by atoms with E-state index in [0.29, 0.717) is 24.3 Å². The highest BCUT2D eigenvalue weighted by atomic mass is 19.1. The monoisotopic (exact) mass is 376 g/mol. The first-order valence-corrected chi connectivity index (χ1v) is 9.02. The van der Waals surface area contributed by atoms with Crippen molar-refractivity contribution >= 4 is 22.5 Å². The standard InChI is InChI=1S/C21H21FN6/c1-28(2)18-6-4-3-5-15(18)10-24-19-8-7-14(20(22)27-19)9-16-11-25-21-17(16)12-23-13-26-21/h3-8,11-13H,9-10H2,1-2H3,(H,24,27)(H,23,25,26). The van der Waals surface area contributed by atoms with Crippen molar-refractivity contribution in [3.63, 3.8) is 0 Å². The number of fused-ring (bicyclic) bond motifs is 1. The van der Waals surface area contributed by atoms with Crippen LogP contribution in [-0.2, 0) is 13.0 Å². The summed E-state index contributed by atoms with van der Waals surface area (Å²) in [6, 6.07) is 11.7. The van der Waals surface area contributed by atoms with Crippen LogP contribution in [0.25, 0.3) is 11.0 Å². The molecule has 1 aromatic carbocycles. The van der Waals surface area contributed by atoms with Gasteiger partial charge in [0.2, 0.25) is 5.95 Å². The number of halogens is 1. The van der Waals surface area contributed by atoms with Crippen LogP contribution in [0.15, 0.2) is 55.1 Å². The molecule has 0 fully saturated rings. The molecule has 28 heavy (non-hydrogen) atoms. The van der Waals surface area contributed by atoms with Crippen molar-refractivity contribution in [2.45, 2.75) is 13.0 Å². The van der Waals surface area contributed by atoms with E-state index in [1.54, 1.807) is 12.3 Å². The Labute approximate surface area is 162 Å². The van der Waals surface area contributed by atoms with Gasteiger partial charge in [-0.1, -0.05) is 24.3 Å². The Morgan fingerprint density at radius 2 is 1.93 bits per heavy atom. The summed E-state index contributed by atoms with van der Waals surface area (Å²) in [5.74, 6) is 0.0363. The average molecular weight is 376 g/mol. The van der Waals surface area contributed by atoms with Crippen molar-refractivity contribution in [1.82, 2.24) is 19.9 Å². The van der Waals surface area contributed by atoms with Crippen molar-refractivity contribution in [3.05, 3.63) is 77.8 Å². The Balaban J connectivity index is 1.49. The number of hydrogen-bond acceptors (Lipinski definition) is 5. The first-order valence-electron chi connectivity index (χ1n) is 9.02. The predicted molar refractivity (Wildman–Crippen MR) is 109 cm³/mol. The maximum atomic E-state index is 14.6. The maximum absolute atomic E-state index is 14.6. The largest absolute Gasteiger partial charge is 0.377 e. The van der Waals surface area contributed by atoms with Gasteiger partial charge in [0.05, 0.1) is 0 Å². The molecule has 0 aliphatic carbocycles. The van der Waals surface area contributed by atoms with Gasteiger partial charge in [-0.15, -0.1) is 0 Å². The van der Waals surface area contributed by atoms with Gasteiger partial charge in [-0.3, -0.25) is 0 Å². The second-order valence-corrected chi connectivity index (χ2v) is 6.80. The quantitative estimate of drug-likeness (QED) is 0.502. The van der Waals surface area contributed by atoms with Crippen LogP contribution in [-0.4, -0.2) is 34.0 Å². The molecule has 4 aromatic rings. The number of hydrogen-bond donors (Lipinski definition) is 2. The number of H-pyrrole nitrogens is 1. The van der Waals surface area contributed by atoms with E-state index in [1.165, 1.54) is 6.33 Å². The lowest BCUT2D eigenvalue weighted by Gasteiger charge is -2.17. The third-order valence-corrected chi connectivity index (χ3v) is 4.68. The summed E-state index contributed by atoms with van der Waals surface area (Å²) in [7, 11) is 4.00. The highest BCUT2D eigenvalue weighted by Crippen LogP contribution is 2.22. The molecule has 0 bridgehead atoms. The molecular weight excluding hydrogens is 355 g/mol. The van der Waals surface area contributed by atoms with Crippen LogP contribution in [0.5, 0.6) is 0 Å². The topological polar surface area (TPSA) is 69.7 Å². The molecule has 0 saturated carbocycles. The molecule has 7 heteroatoms. The lowest BCUT2D eigenvalue weighted by molar-refractivity contribution is 0.571. The fourth-order valence-corrected chi connectivity index (χ4v) is 3.24. The fraction of sp³-hybridized carbons (Fsp3) is 0.190. The van der Waals surface area contributed by atoms with E-state index in [1.807, 2.05) is 44.6 Å². The van der Waals surface area contributed by atoms with Crippen LogP contribution in [0.1, 0.15) is 16.7 Å². The number of nitrogens with zero attached hydrogens (tertiary/aromatic N) is 4. The van der Waals surface area contributed by atoms with E-state index in [4.69, 9.17) is 0 Å². The number of aromatic nitrogens is 4. The molecule has 0 saturated heterocycles. The van der Waals surface area contributed by atoms with Gasteiger partial charge in [-0.2, -0.15) is 4.39 Å². The Kier molecular flexibility index (Phi) is 4.89. The van der Waals surface area contributed by atoms with Crippen LogP contribution < -0.4 is 10.2 Å². The molecule has 6 nitrogen and oxygen atoms in total. The van der Waals surface area contributed by atoms with E-state index < -0.39 is 5.95 Å². The third kappa shape index (κ3) is 3.64. The van der Waals surface area contributed by atoms with E-state index in [0.717, 1.165) is 27.8 Å². The minimum atomic E-state index is -0.475. The number of benzene rings is 1. The Morgan fingerprint density at radius 1 is 1.07 bits per heavy atom. The average Bonchev–Trinajstić information content (AvgIpc) is 3.11. The second-order valence-electron chi connectivity index (χ2n) is 6.80. The zero-order chi connectivity index (χ0) is 19.5. The zero-order valence-electron chi connectivity index (χ0n) is 15.8. The molecule has 3 aromatic heterocycles. The van der Waals surface area contributed by atoms with E-state index in [-0.39, 0.29) is 0 Å². The van der Waals surface area contributed by atoms with Gasteiger partial charge >= 0.3 is 0 Å². The maximum Gasteiger partial charge on any atom is 0.218 e. The van der Waals surface area contributed by atoms with Crippen molar-refractivity contribution in [3.8, 4) is 0 Å². The lowest BCUT2D eigenvalue weighted by atomic mass is 10.1. The van der Waals surface area contributed by atoms with Crippen molar-refractivity contribution in [2.75, 3.05) is 24.3 Å². The number of aromatic amines is 1. The minimum Gasteiger partial charge on any atom is -0.377 e. The van der Waals surface area contributed by atoms with Gasteiger partial charge in [0.25, 0.3) is 0 Å². The number of rotatable bonds is 6. The summed E-state index contributed by atoms with van der Waals surface area (Å²) in [6.07, 6.45) is 5.48. The molecule has 0 unspecified atom stereocenters. The van der Waals surface area contributed by atoms with Gasteiger partial charge in [0.1, 0.15) is 17.8 Å². The summed E-state index contributed by atoms with van der Waals surface area (Å²) in [5.41, 5.74) is 4.46. The summed E-state index contributed by atoms with van der Waals surface area (Å²) in [4.78, 5) is 17.4. The number of para-hydroxylation sites is 1. The van der Waals surface area contributed by atoms with E-state index in [9.17, 15) is 4.39 Å². The molecule has 0 radical (unpaired) electrons. The summed E-state index contributed by atoms with van der Waals surface area (Å²) < 4.78 is 14.6. The SMILES string of the molecule is CN(C)c1ccccc1CNc1ccc(Cc2c[nH]c3ncncc23)c(F)n1. The second kappa shape index (κ2) is 7.64. The molecule has 3 heterocycles. The summed E-state index contributed by atoms with van der Waals surface area (Å²) >= 11 is 0. The summed E-state index contributed by atoms with van der Waals surface area (Å²) in [6.45, 7) is 0.569. The van der Waals surface area contributed by atoms with Crippen molar-refractivity contribution in [1.29, 1.82) is 0 Å². The number of anilines is 2. The van der Waals surface area contributed by atoms with Gasteiger partial charge in [-0.05, 0) is 23.3 Å². The van der Waals surface area contributed by atoms with Gasteiger partial charge in [-0.25, -0.2) is 15.0 Å². The molecule has 0 amide bonds. The van der Waals surface area contributed by atoms with Gasteiger partial charge in [0.15, 0.2) is 0 Å². The minimum absolute atomic E-state index is 0.427. The molecular formula is C21H21FN6. The Morgan fingerprint density at radius 3 is 2.75 bits per heavy atom. The summed E-state index contributed by atoms with van der Waals surface area (Å²) in [5, 5.41) is 4.10. The normalized spacial score (nSPS) is 11.0. The smallest absolute Gasteiger partial charge is 0.218 e. The van der Waals surface area contributed by atoms with Crippen molar-refractivity contribution in [2.24, 2.45) is 0 Å². The van der Waals surface area contributed by atoms with Crippen LogP contribution >= 0.6 is 0 Å². The van der Waals surface area contributed by atoms with Gasteiger partial charge < -0.3 is 15.2 Å². The first kappa shape index (κ1) is 17.9. The highest BCUT2D eigenvalue weighted by molar-refractivity contribution is 5.78. The molecule has 0 atom stereocenters. The Hall–Kier alpha value is -3.48. The van der Waals surface area contributed by atoms with Crippen LogP contribution in [0, 0.1) is 5.95 Å². The van der Waals surface area contributed by atoms with Crippen LogP contribution in [0.4, 0.5) is 15.9 Å². The van der Waals surface area contributed by atoms with Crippen molar-refractivity contribution < 1.29 is 4.39 Å². The Bertz CT molecular complexity index is 1100. The van der Waals surface area contributed by atoms with Gasteiger partial charge in [0, 0.05) is 56.1 Å². The number of nitrogens with one attached hydrogen (secondary N) is 2. The molecule has 0 aliphatic heterocycles. The molecule has 142 valence electrons.